The summed E-state index contributed by atoms with van der Waals surface area (Å²) < 4.78 is 46.1. The van der Waals surface area contributed by atoms with Gasteiger partial charge < -0.3 is 13.8 Å². The third kappa shape index (κ3) is 6.13. The fraction of sp³-hybridized carbons (Fsp3) is 0.684. The van der Waals surface area contributed by atoms with Crippen LogP contribution in [0.5, 0.6) is 5.75 Å². The molecule has 0 radical (unpaired) electrons. The molecule has 2 atom stereocenters. The molecule has 0 saturated carbocycles. The molecule has 0 aromatic heterocycles. The average Bonchev–Trinajstić information content (AvgIpc) is 2.63. The van der Waals surface area contributed by atoms with Crippen LogP contribution in [0.15, 0.2) is 24.3 Å². The molecule has 1 aromatic carbocycles. The molecule has 6 nitrogen and oxygen atoms in total. The lowest BCUT2D eigenvalue weighted by Gasteiger charge is -2.38. The average molecular weight is 420 g/mol. The van der Waals surface area contributed by atoms with E-state index in [2.05, 4.69) is 4.72 Å². The van der Waals surface area contributed by atoms with Crippen molar-refractivity contribution in [1.29, 1.82) is 0 Å². The van der Waals surface area contributed by atoms with Crippen LogP contribution < -0.4 is 9.46 Å². The van der Waals surface area contributed by atoms with Crippen LogP contribution in [0.25, 0.3) is 0 Å². The molecule has 1 aromatic rings. The van der Waals surface area contributed by atoms with Gasteiger partial charge in [-0.3, -0.25) is 4.57 Å². The molecule has 0 aliphatic heterocycles. The van der Waals surface area contributed by atoms with Gasteiger partial charge in [-0.25, -0.2) is 8.93 Å². The third-order valence-electron chi connectivity index (χ3n) is 3.98. The van der Waals surface area contributed by atoms with E-state index in [1.165, 1.54) is 0 Å². The predicted octanol–water partition coefficient (Wildman–Crippen LogP) is 4.97. The zero-order valence-electron chi connectivity index (χ0n) is 17.5. The molecular formula is C19H34NO5PS. The quantitative estimate of drug-likeness (QED) is 0.513. The zero-order valence-corrected chi connectivity index (χ0v) is 19.2. The summed E-state index contributed by atoms with van der Waals surface area (Å²) in [6.07, 6.45) is 1.39. The van der Waals surface area contributed by atoms with Crippen LogP contribution in [0.4, 0.5) is 0 Å². The lowest BCUT2D eigenvalue weighted by atomic mass is 10.1. The molecule has 0 aliphatic rings. The van der Waals surface area contributed by atoms with Crippen molar-refractivity contribution in [1.82, 2.24) is 4.72 Å². The minimum absolute atomic E-state index is 0.288. The molecule has 0 heterocycles. The molecule has 1 rings (SSSR count). The van der Waals surface area contributed by atoms with Crippen molar-refractivity contribution in [3.05, 3.63) is 29.8 Å². The summed E-state index contributed by atoms with van der Waals surface area (Å²) in [4.78, 5) is 0. The van der Waals surface area contributed by atoms with Crippen molar-refractivity contribution in [2.45, 2.75) is 64.4 Å². The van der Waals surface area contributed by atoms with Gasteiger partial charge in [0, 0.05) is 0 Å². The molecule has 156 valence electrons. The number of methoxy groups -OCH3 is 1. The van der Waals surface area contributed by atoms with E-state index in [0.717, 1.165) is 0 Å². The SMILES string of the molecule is CCCOP(=O)(OCCC)[C@@](C)(NS(=O)C(C)(C)C)c1ccc(OC)cc1. The van der Waals surface area contributed by atoms with Gasteiger partial charge in [0.25, 0.3) is 0 Å². The van der Waals surface area contributed by atoms with Gasteiger partial charge in [-0.1, -0.05) is 26.0 Å². The maximum atomic E-state index is 13.9. The number of rotatable bonds is 11. The van der Waals surface area contributed by atoms with Gasteiger partial charge in [-0.15, -0.1) is 0 Å². The van der Waals surface area contributed by atoms with Gasteiger partial charge in [-0.2, -0.15) is 0 Å². The Morgan fingerprint density at radius 2 is 1.48 bits per heavy atom. The number of nitrogens with one attached hydrogen (secondary N) is 1. The van der Waals surface area contributed by atoms with Crippen LogP contribution in [-0.2, 0) is 29.9 Å². The Morgan fingerprint density at radius 3 is 1.85 bits per heavy atom. The normalized spacial score (nSPS) is 16.0. The Balaban J connectivity index is 3.47. The van der Waals surface area contributed by atoms with E-state index < -0.39 is 28.6 Å². The minimum Gasteiger partial charge on any atom is -0.497 e. The second-order valence-electron chi connectivity index (χ2n) is 7.45. The number of benzene rings is 1. The minimum atomic E-state index is -3.69. The van der Waals surface area contributed by atoms with Gasteiger partial charge in [0.2, 0.25) is 0 Å². The molecular weight excluding hydrogens is 385 g/mol. The first kappa shape index (κ1) is 24.3. The van der Waals surface area contributed by atoms with Gasteiger partial charge in [0.05, 0.1) is 36.1 Å². The Morgan fingerprint density at radius 1 is 1.00 bits per heavy atom. The largest absolute Gasteiger partial charge is 0.497 e. The molecule has 8 heteroatoms. The predicted molar refractivity (Wildman–Crippen MR) is 111 cm³/mol. The molecule has 0 saturated heterocycles. The summed E-state index contributed by atoms with van der Waals surface area (Å²) in [6, 6.07) is 7.14. The van der Waals surface area contributed by atoms with E-state index in [-0.39, 0.29) is 13.2 Å². The lowest BCUT2D eigenvalue weighted by molar-refractivity contribution is 0.181. The van der Waals surface area contributed by atoms with Gasteiger partial charge >= 0.3 is 7.60 Å². The Hall–Kier alpha value is -0.720. The molecule has 1 unspecified atom stereocenters. The molecule has 0 aliphatic carbocycles. The monoisotopic (exact) mass is 419 g/mol. The second-order valence-corrected chi connectivity index (χ2v) is 11.8. The van der Waals surface area contributed by atoms with Crippen molar-refractivity contribution in [2.24, 2.45) is 0 Å². The third-order valence-corrected chi connectivity index (χ3v) is 8.35. The Labute approximate surface area is 166 Å². The molecule has 0 amide bonds. The van der Waals surface area contributed by atoms with Crippen molar-refractivity contribution in [3.63, 3.8) is 0 Å². The van der Waals surface area contributed by atoms with E-state index >= 15 is 0 Å². The molecule has 0 spiro atoms. The highest BCUT2D eigenvalue weighted by Gasteiger charge is 2.51. The highest BCUT2D eigenvalue weighted by molar-refractivity contribution is 7.84. The van der Waals surface area contributed by atoms with Crippen LogP contribution in [0.2, 0.25) is 0 Å². The van der Waals surface area contributed by atoms with Crippen molar-refractivity contribution < 1.29 is 22.6 Å². The molecule has 1 N–H and O–H groups in total. The van der Waals surface area contributed by atoms with Crippen LogP contribution >= 0.6 is 7.60 Å². The van der Waals surface area contributed by atoms with Crippen LogP contribution in [0.3, 0.4) is 0 Å². The smallest absolute Gasteiger partial charge is 0.355 e. The summed E-state index contributed by atoms with van der Waals surface area (Å²) in [7, 11) is -3.59. The molecule has 27 heavy (non-hydrogen) atoms. The zero-order chi connectivity index (χ0) is 20.7. The van der Waals surface area contributed by atoms with E-state index in [0.29, 0.717) is 24.2 Å². The van der Waals surface area contributed by atoms with Gasteiger partial charge in [-0.05, 0) is 58.2 Å². The number of ether oxygens (including phenoxy) is 1. The van der Waals surface area contributed by atoms with E-state index in [4.69, 9.17) is 13.8 Å². The Bertz CT molecular complexity index is 647. The topological polar surface area (TPSA) is 73.9 Å². The van der Waals surface area contributed by atoms with Crippen LogP contribution in [-0.4, -0.2) is 29.3 Å². The first-order chi connectivity index (χ1) is 12.5. The molecule has 0 fully saturated rings. The van der Waals surface area contributed by atoms with E-state index in [1.807, 2.05) is 34.6 Å². The van der Waals surface area contributed by atoms with E-state index in [1.54, 1.807) is 38.3 Å². The van der Waals surface area contributed by atoms with Crippen molar-refractivity contribution >= 4 is 18.6 Å². The summed E-state index contributed by atoms with van der Waals surface area (Å²) >= 11 is 0. The Kier molecular flexibility index (Phi) is 9.16. The van der Waals surface area contributed by atoms with Crippen molar-refractivity contribution in [3.8, 4) is 5.75 Å². The first-order valence-corrected chi connectivity index (χ1v) is 12.0. The fourth-order valence-electron chi connectivity index (χ4n) is 2.24. The second kappa shape index (κ2) is 10.2. The fourth-order valence-corrected chi connectivity index (χ4v) is 5.62. The lowest BCUT2D eigenvalue weighted by Crippen LogP contribution is -2.46. The van der Waals surface area contributed by atoms with Gasteiger partial charge in [0.15, 0.2) is 5.28 Å². The van der Waals surface area contributed by atoms with Crippen LogP contribution in [0, 0.1) is 0 Å². The van der Waals surface area contributed by atoms with Gasteiger partial charge in [0.1, 0.15) is 5.75 Å². The first-order valence-electron chi connectivity index (χ1n) is 9.27. The summed E-state index contributed by atoms with van der Waals surface area (Å²) in [5.41, 5.74) is 0.663. The van der Waals surface area contributed by atoms with Crippen molar-refractivity contribution in [2.75, 3.05) is 20.3 Å². The van der Waals surface area contributed by atoms with E-state index in [9.17, 15) is 8.77 Å². The maximum Gasteiger partial charge on any atom is 0.355 e. The molecule has 0 bridgehead atoms. The van der Waals surface area contributed by atoms with Crippen LogP contribution in [0.1, 0.15) is 59.9 Å². The number of hydrogen-bond acceptors (Lipinski definition) is 5. The maximum absolute atomic E-state index is 13.9. The standard InChI is InChI=1S/C19H34NO5PS/c1-8-14-24-26(21,25-15-9-2)19(6,20-27(22)18(3,4)5)16-10-12-17(23-7)13-11-16/h10-13,20H,8-9,14-15H2,1-7H3/t19-,27?/m1/s1. The summed E-state index contributed by atoms with van der Waals surface area (Å²) in [5, 5.41) is -1.28. The summed E-state index contributed by atoms with van der Waals surface area (Å²) in [6.45, 7) is 11.8. The number of hydrogen-bond donors (Lipinski definition) is 1. The summed E-state index contributed by atoms with van der Waals surface area (Å²) in [5.74, 6) is 0.678. The highest BCUT2D eigenvalue weighted by Crippen LogP contribution is 2.64. The highest BCUT2D eigenvalue weighted by atomic mass is 32.2.